The van der Waals surface area contributed by atoms with Gasteiger partial charge in [0.1, 0.15) is 5.67 Å². The van der Waals surface area contributed by atoms with Gasteiger partial charge in [0.2, 0.25) is 11.9 Å². The summed E-state index contributed by atoms with van der Waals surface area (Å²) >= 11 is 6.32. The van der Waals surface area contributed by atoms with E-state index in [-0.39, 0.29) is 5.41 Å². The summed E-state index contributed by atoms with van der Waals surface area (Å²) in [6.45, 7) is 4.92. The van der Waals surface area contributed by atoms with Crippen LogP contribution in [-0.4, -0.2) is 68.0 Å². The maximum atomic E-state index is 14.6. The van der Waals surface area contributed by atoms with E-state index in [9.17, 15) is 8.78 Å². The lowest BCUT2D eigenvalue weighted by molar-refractivity contribution is 0.152. The van der Waals surface area contributed by atoms with Gasteiger partial charge in [-0.2, -0.15) is 0 Å². The number of fused-ring (bicyclic) bond motifs is 3. The van der Waals surface area contributed by atoms with E-state index < -0.39 is 11.5 Å². The zero-order valence-corrected chi connectivity index (χ0v) is 19.2. The van der Waals surface area contributed by atoms with Crippen molar-refractivity contribution < 1.29 is 8.78 Å². The Balaban J connectivity index is 1.13. The minimum absolute atomic E-state index is 0.149. The van der Waals surface area contributed by atoms with Crippen molar-refractivity contribution in [2.45, 2.75) is 31.6 Å². The molecule has 0 atom stereocenters. The van der Waals surface area contributed by atoms with Crippen LogP contribution in [-0.2, 0) is 13.1 Å². The number of hydrogen-bond acceptors (Lipinski definition) is 7. The first-order valence-electron chi connectivity index (χ1n) is 11.5. The van der Waals surface area contributed by atoms with Crippen LogP contribution in [0.3, 0.4) is 0 Å². The van der Waals surface area contributed by atoms with E-state index in [1.807, 2.05) is 18.2 Å². The lowest BCUT2D eigenvalue weighted by Gasteiger charge is -2.60. The van der Waals surface area contributed by atoms with Crippen LogP contribution in [0.4, 0.5) is 20.7 Å². The van der Waals surface area contributed by atoms with E-state index >= 15 is 0 Å². The van der Waals surface area contributed by atoms with Crippen LogP contribution in [0.2, 0.25) is 5.02 Å². The molecule has 0 amide bonds. The van der Waals surface area contributed by atoms with Crippen molar-refractivity contribution in [2.24, 2.45) is 5.41 Å². The van der Waals surface area contributed by atoms with Crippen molar-refractivity contribution in [1.29, 1.82) is 0 Å². The van der Waals surface area contributed by atoms with E-state index in [0.29, 0.717) is 43.4 Å². The van der Waals surface area contributed by atoms with Gasteiger partial charge < -0.3 is 9.80 Å². The highest BCUT2D eigenvalue weighted by Crippen LogP contribution is 2.44. The Morgan fingerprint density at radius 2 is 1.71 bits per heavy atom. The predicted octanol–water partition coefficient (Wildman–Crippen LogP) is 2.99. The Morgan fingerprint density at radius 1 is 0.971 bits per heavy atom. The minimum Gasteiger partial charge on any atom is -0.339 e. The highest BCUT2D eigenvalue weighted by molar-refractivity contribution is 6.30. The molecule has 34 heavy (non-hydrogen) atoms. The largest absolute Gasteiger partial charge is 0.339 e. The van der Waals surface area contributed by atoms with Crippen LogP contribution in [0.5, 0.6) is 0 Å². The molecule has 3 fully saturated rings. The van der Waals surface area contributed by atoms with E-state index in [0.717, 1.165) is 49.2 Å². The fourth-order valence-electron chi connectivity index (χ4n) is 5.54. The maximum absolute atomic E-state index is 14.6. The summed E-state index contributed by atoms with van der Waals surface area (Å²) in [6, 6.07) is 5.85. The summed E-state index contributed by atoms with van der Waals surface area (Å²) in [6.07, 6.45) is 3.65. The van der Waals surface area contributed by atoms with E-state index in [1.54, 1.807) is 0 Å². The van der Waals surface area contributed by atoms with Crippen LogP contribution in [0.25, 0.3) is 5.69 Å². The molecule has 3 aromatic rings. The Morgan fingerprint density at radius 3 is 2.44 bits per heavy atom. The molecule has 4 aliphatic rings. The standard InChI is InChI=1S/C23H23ClF2N8/c24-16-1-2-18-15(5-16)8-31(14-23(26)3-4-23)9-19-29-30-21(34(18)19)33-12-22(13-33)10-32(11-22)20-27-6-17(25)7-28-20/h1-2,5-7H,3-4,8-14H2. The second-order valence-corrected chi connectivity index (χ2v) is 10.7. The first-order valence-corrected chi connectivity index (χ1v) is 11.9. The molecule has 0 radical (unpaired) electrons. The lowest BCUT2D eigenvalue weighted by atomic mass is 9.73. The normalized spacial score (nSPS) is 22.0. The Kier molecular flexibility index (Phi) is 4.27. The maximum Gasteiger partial charge on any atom is 0.231 e. The monoisotopic (exact) mass is 484 g/mol. The molecule has 2 saturated heterocycles. The van der Waals surface area contributed by atoms with Crippen molar-refractivity contribution in [3.63, 3.8) is 0 Å². The lowest BCUT2D eigenvalue weighted by Crippen LogP contribution is -2.73. The Bertz CT molecular complexity index is 1260. The molecule has 8 nitrogen and oxygen atoms in total. The summed E-state index contributed by atoms with van der Waals surface area (Å²) < 4.78 is 29.8. The molecule has 0 unspecified atom stereocenters. The third-order valence-electron chi connectivity index (χ3n) is 7.33. The van der Waals surface area contributed by atoms with Gasteiger partial charge in [0.05, 0.1) is 24.6 Å². The van der Waals surface area contributed by atoms with Gasteiger partial charge in [0.25, 0.3) is 0 Å². The predicted molar refractivity (Wildman–Crippen MR) is 122 cm³/mol. The number of anilines is 2. The van der Waals surface area contributed by atoms with Crippen molar-refractivity contribution in [2.75, 3.05) is 42.5 Å². The summed E-state index contributed by atoms with van der Waals surface area (Å²) in [4.78, 5) is 14.6. The highest BCUT2D eigenvalue weighted by Gasteiger charge is 2.54. The molecule has 11 heteroatoms. The third kappa shape index (κ3) is 3.34. The first kappa shape index (κ1) is 20.5. The molecule has 0 N–H and O–H groups in total. The van der Waals surface area contributed by atoms with Gasteiger partial charge in [-0.1, -0.05) is 11.6 Å². The fourth-order valence-corrected chi connectivity index (χ4v) is 5.74. The van der Waals surface area contributed by atoms with Crippen LogP contribution < -0.4 is 9.80 Å². The molecule has 176 valence electrons. The summed E-state index contributed by atoms with van der Waals surface area (Å²) in [7, 11) is 0. The number of nitrogens with zero attached hydrogens (tertiary/aromatic N) is 8. The van der Waals surface area contributed by atoms with Crippen LogP contribution in [0, 0.1) is 11.2 Å². The number of benzene rings is 1. The van der Waals surface area contributed by atoms with Gasteiger partial charge in [-0.25, -0.2) is 18.7 Å². The summed E-state index contributed by atoms with van der Waals surface area (Å²) in [5.74, 6) is 1.76. The number of halogens is 3. The molecule has 7 rings (SSSR count). The van der Waals surface area contributed by atoms with Crippen molar-refractivity contribution in [3.8, 4) is 5.69 Å². The van der Waals surface area contributed by atoms with E-state index in [1.165, 1.54) is 12.4 Å². The molecule has 2 aromatic heterocycles. The highest BCUT2D eigenvalue weighted by atomic mass is 35.5. The zero-order valence-electron chi connectivity index (χ0n) is 18.5. The number of hydrogen-bond donors (Lipinski definition) is 0. The van der Waals surface area contributed by atoms with Gasteiger partial charge in [-0.3, -0.25) is 9.47 Å². The Labute approximate surface area is 200 Å². The molecule has 0 bridgehead atoms. The molecule has 1 saturated carbocycles. The van der Waals surface area contributed by atoms with Gasteiger partial charge in [-0.05, 0) is 36.6 Å². The topological polar surface area (TPSA) is 66.2 Å². The van der Waals surface area contributed by atoms with Gasteiger partial charge in [0.15, 0.2) is 11.6 Å². The molecule has 3 aliphatic heterocycles. The zero-order chi connectivity index (χ0) is 23.1. The van der Waals surface area contributed by atoms with Crippen LogP contribution >= 0.6 is 11.6 Å². The molecule has 1 aromatic carbocycles. The quantitative estimate of drug-likeness (QED) is 0.564. The Hall–Kier alpha value is -2.85. The average Bonchev–Trinajstić information content (AvgIpc) is 3.37. The number of alkyl halides is 1. The second kappa shape index (κ2) is 7.08. The summed E-state index contributed by atoms with van der Waals surface area (Å²) in [5, 5.41) is 9.72. The van der Waals surface area contributed by atoms with Gasteiger partial charge in [-0.15, -0.1) is 10.2 Å². The number of aromatic nitrogens is 5. The molecular formula is C23H23ClF2N8. The van der Waals surface area contributed by atoms with Crippen LogP contribution in [0.15, 0.2) is 30.6 Å². The van der Waals surface area contributed by atoms with E-state index in [4.69, 9.17) is 11.6 Å². The van der Waals surface area contributed by atoms with Gasteiger partial charge >= 0.3 is 0 Å². The third-order valence-corrected chi connectivity index (χ3v) is 7.57. The fraction of sp³-hybridized carbons (Fsp3) is 0.478. The van der Waals surface area contributed by atoms with Gasteiger partial charge in [0, 0.05) is 49.7 Å². The molecule has 5 heterocycles. The SMILES string of the molecule is Fc1cnc(N2CC3(C2)CN(c2nnc4n2-c2ccc(Cl)cc2CN(CC2(F)CC2)C4)C3)nc1. The smallest absolute Gasteiger partial charge is 0.231 e. The minimum atomic E-state index is -1.08. The molecule has 1 aliphatic carbocycles. The average molecular weight is 485 g/mol. The van der Waals surface area contributed by atoms with Crippen molar-refractivity contribution in [1.82, 2.24) is 29.6 Å². The van der Waals surface area contributed by atoms with Crippen molar-refractivity contribution in [3.05, 3.63) is 52.8 Å². The number of rotatable bonds is 4. The van der Waals surface area contributed by atoms with E-state index in [2.05, 4.69) is 39.4 Å². The summed E-state index contributed by atoms with van der Waals surface area (Å²) in [5.41, 5.74) is 1.12. The first-order chi connectivity index (χ1) is 16.4. The molecular weight excluding hydrogens is 462 g/mol. The molecule has 1 spiro atoms. The van der Waals surface area contributed by atoms with Crippen molar-refractivity contribution >= 4 is 23.5 Å². The van der Waals surface area contributed by atoms with Crippen LogP contribution in [0.1, 0.15) is 24.2 Å². The second-order valence-electron chi connectivity index (χ2n) is 10.2.